The highest BCUT2D eigenvalue weighted by molar-refractivity contribution is 7.21. The van der Waals surface area contributed by atoms with Crippen molar-refractivity contribution in [2.75, 3.05) is 5.32 Å². The zero-order valence-electron chi connectivity index (χ0n) is 13.9. The van der Waals surface area contributed by atoms with Gasteiger partial charge in [0, 0.05) is 7.05 Å². The van der Waals surface area contributed by atoms with Crippen LogP contribution in [0.4, 0.5) is 5.82 Å². The van der Waals surface area contributed by atoms with Gasteiger partial charge in [0.05, 0.1) is 28.3 Å². The number of benzene rings is 1. The van der Waals surface area contributed by atoms with E-state index in [0.29, 0.717) is 6.54 Å². The van der Waals surface area contributed by atoms with Crippen LogP contribution in [0.2, 0.25) is 0 Å². The van der Waals surface area contributed by atoms with E-state index in [-0.39, 0.29) is 0 Å². The maximum Gasteiger partial charge on any atom is 0.163 e. The number of aryl methyl sites for hydroxylation is 1. The van der Waals surface area contributed by atoms with E-state index in [4.69, 9.17) is 4.42 Å². The Kier molecular flexibility index (Phi) is 3.42. The van der Waals surface area contributed by atoms with E-state index in [0.717, 1.165) is 43.6 Å². The van der Waals surface area contributed by atoms with Crippen LogP contribution in [0.5, 0.6) is 0 Å². The standard InChI is InChI=1S/C18H14N6OS/c1-24-17-12(9-22-24)16(20-10-21-17)19-8-11-6-7-14(25-11)18-23-13-4-2-3-5-15(13)26-18/h2-7,9-10H,8H2,1H3,(H,19,20,21). The molecule has 0 amide bonds. The zero-order valence-corrected chi connectivity index (χ0v) is 14.7. The third-order valence-corrected chi connectivity index (χ3v) is 5.18. The monoisotopic (exact) mass is 362 g/mol. The van der Waals surface area contributed by atoms with Gasteiger partial charge in [0.2, 0.25) is 0 Å². The summed E-state index contributed by atoms with van der Waals surface area (Å²) in [5.74, 6) is 2.33. The first-order chi connectivity index (χ1) is 12.8. The lowest BCUT2D eigenvalue weighted by atomic mass is 10.3. The van der Waals surface area contributed by atoms with Gasteiger partial charge in [-0.15, -0.1) is 11.3 Å². The minimum atomic E-state index is 0.520. The lowest BCUT2D eigenvalue weighted by Crippen LogP contribution is -2.01. The van der Waals surface area contributed by atoms with Crippen LogP contribution < -0.4 is 5.32 Å². The molecule has 4 heterocycles. The van der Waals surface area contributed by atoms with Crippen LogP contribution in [-0.2, 0) is 13.6 Å². The van der Waals surface area contributed by atoms with Gasteiger partial charge in [-0.05, 0) is 24.3 Å². The molecule has 1 N–H and O–H groups in total. The molecule has 0 atom stereocenters. The second-order valence-corrected chi connectivity index (χ2v) is 6.86. The molecule has 0 aliphatic carbocycles. The Hall–Kier alpha value is -3.26. The Bertz CT molecular complexity index is 1190. The van der Waals surface area contributed by atoms with Crippen LogP contribution in [0, 0.1) is 0 Å². The molecule has 8 heteroatoms. The molecule has 1 aromatic carbocycles. The summed E-state index contributed by atoms with van der Waals surface area (Å²) >= 11 is 1.63. The summed E-state index contributed by atoms with van der Waals surface area (Å²) in [6.07, 6.45) is 3.29. The Balaban J connectivity index is 1.38. The molecule has 0 spiro atoms. The Morgan fingerprint density at radius 2 is 2.08 bits per heavy atom. The molecule has 0 unspecified atom stereocenters. The molecule has 0 bridgehead atoms. The van der Waals surface area contributed by atoms with Crippen LogP contribution in [0.1, 0.15) is 5.76 Å². The lowest BCUT2D eigenvalue weighted by Gasteiger charge is -2.04. The topological polar surface area (TPSA) is 81.7 Å². The summed E-state index contributed by atoms with van der Waals surface area (Å²) in [6.45, 7) is 0.520. The number of anilines is 1. The van der Waals surface area contributed by atoms with E-state index in [2.05, 4.69) is 31.4 Å². The van der Waals surface area contributed by atoms with Gasteiger partial charge in [0.25, 0.3) is 0 Å². The first-order valence-corrected chi connectivity index (χ1v) is 8.91. The van der Waals surface area contributed by atoms with Crippen molar-refractivity contribution in [1.82, 2.24) is 24.7 Å². The fourth-order valence-corrected chi connectivity index (χ4v) is 3.77. The minimum Gasteiger partial charge on any atom is -0.457 e. The van der Waals surface area contributed by atoms with Gasteiger partial charge in [0.15, 0.2) is 16.4 Å². The molecule has 0 aliphatic rings. The highest BCUT2D eigenvalue weighted by Gasteiger charge is 2.12. The Labute approximate surface area is 152 Å². The van der Waals surface area contributed by atoms with Crippen LogP contribution in [0.15, 0.2) is 53.3 Å². The van der Waals surface area contributed by atoms with E-state index in [1.807, 2.05) is 37.4 Å². The number of rotatable bonds is 4. The molecule has 0 radical (unpaired) electrons. The molecule has 0 saturated carbocycles. The van der Waals surface area contributed by atoms with Crippen molar-refractivity contribution in [1.29, 1.82) is 0 Å². The number of para-hydroxylation sites is 1. The van der Waals surface area contributed by atoms with Gasteiger partial charge in [-0.1, -0.05) is 12.1 Å². The molecular formula is C18H14N6OS. The molecular weight excluding hydrogens is 348 g/mol. The smallest absolute Gasteiger partial charge is 0.163 e. The quantitative estimate of drug-likeness (QED) is 0.523. The lowest BCUT2D eigenvalue weighted by molar-refractivity contribution is 0.531. The molecule has 7 nitrogen and oxygen atoms in total. The molecule has 4 aromatic heterocycles. The summed E-state index contributed by atoms with van der Waals surface area (Å²) in [5.41, 5.74) is 1.78. The highest BCUT2D eigenvalue weighted by Crippen LogP contribution is 2.31. The van der Waals surface area contributed by atoms with E-state index in [9.17, 15) is 0 Å². The van der Waals surface area contributed by atoms with Gasteiger partial charge < -0.3 is 9.73 Å². The second-order valence-electron chi connectivity index (χ2n) is 5.83. The predicted octanol–water partition coefficient (Wildman–Crippen LogP) is 3.85. The second kappa shape index (κ2) is 5.92. The third-order valence-electron chi connectivity index (χ3n) is 4.13. The van der Waals surface area contributed by atoms with Crippen molar-refractivity contribution >= 4 is 38.4 Å². The molecule has 128 valence electrons. The molecule has 5 rings (SSSR count). The van der Waals surface area contributed by atoms with E-state index in [1.165, 1.54) is 6.33 Å². The van der Waals surface area contributed by atoms with Crippen LogP contribution >= 0.6 is 11.3 Å². The number of hydrogen-bond acceptors (Lipinski definition) is 7. The first-order valence-electron chi connectivity index (χ1n) is 8.09. The summed E-state index contributed by atoms with van der Waals surface area (Å²) in [4.78, 5) is 13.2. The number of fused-ring (bicyclic) bond motifs is 2. The maximum atomic E-state index is 5.96. The van der Waals surface area contributed by atoms with E-state index in [1.54, 1.807) is 22.2 Å². The average molecular weight is 362 g/mol. The van der Waals surface area contributed by atoms with Crippen molar-refractivity contribution < 1.29 is 4.42 Å². The normalized spacial score (nSPS) is 11.4. The SMILES string of the molecule is Cn1ncc2c(NCc3ccc(-c4nc5ccccc5s4)o3)ncnc21. The first kappa shape index (κ1) is 15.0. The summed E-state index contributed by atoms with van der Waals surface area (Å²) < 4.78 is 8.83. The van der Waals surface area contributed by atoms with Crippen molar-refractivity contribution in [3.05, 3.63) is 54.7 Å². The van der Waals surface area contributed by atoms with Gasteiger partial charge in [-0.25, -0.2) is 15.0 Å². The van der Waals surface area contributed by atoms with E-state index < -0.39 is 0 Å². The largest absolute Gasteiger partial charge is 0.457 e. The van der Waals surface area contributed by atoms with Crippen LogP contribution in [0.25, 0.3) is 32.0 Å². The van der Waals surface area contributed by atoms with Crippen LogP contribution in [-0.4, -0.2) is 24.7 Å². The Morgan fingerprint density at radius 1 is 1.15 bits per heavy atom. The number of nitrogens with zero attached hydrogens (tertiary/aromatic N) is 5. The molecule has 0 fully saturated rings. The average Bonchev–Trinajstić information content (AvgIpc) is 3.38. The number of thiazole rings is 1. The molecule has 0 aliphatic heterocycles. The number of aromatic nitrogens is 5. The molecule has 26 heavy (non-hydrogen) atoms. The minimum absolute atomic E-state index is 0.520. The number of hydrogen-bond donors (Lipinski definition) is 1. The zero-order chi connectivity index (χ0) is 17.5. The van der Waals surface area contributed by atoms with Gasteiger partial charge in [0.1, 0.15) is 17.9 Å². The van der Waals surface area contributed by atoms with Crippen LogP contribution in [0.3, 0.4) is 0 Å². The Morgan fingerprint density at radius 3 is 3.00 bits per heavy atom. The molecule has 5 aromatic rings. The van der Waals surface area contributed by atoms with Crippen molar-refractivity contribution in [2.24, 2.45) is 7.05 Å². The maximum absolute atomic E-state index is 5.96. The van der Waals surface area contributed by atoms with Crippen molar-refractivity contribution in [2.45, 2.75) is 6.54 Å². The van der Waals surface area contributed by atoms with Gasteiger partial charge in [-0.2, -0.15) is 5.10 Å². The number of furan rings is 1. The molecule has 0 saturated heterocycles. The van der Waals surface area contributed by atoms with Gasteiger partial charge in [-0.3, -0.25) is 4.68 Å². The van der Waals surface area contributed by atoms with E-state index >= 15 is 0 Å². The fourth-order valence-electron chi connectivity index (χ4n) is 2.84. The predicted molar refractivity (Wildman–Crippen MR) is 101 cm³/mol. The van der Waals surface area contributed by atoms with Gasteiger partial charge >= 0.3 is 0 Å². The fraction of sp³-hybridized carbons (Fsp3) is 0.111. The number of nitrogens with one attached hydrogen (secondary N) is 1. The summed E-state index contributed by atoms with van der Waals surface area (Å²) in [7, 11) is 1.86. The highest BCUT2D eigenvalue weighted by atomic mass is 32.1. The third kappa shape index (κ3) is 2.51. The van der Waals surface area contributed by atoms with Crippen molar-refractivity contribution in [3.63, 3.8) is 0 Å². The summed E-state index contributed by atoms with van der Waals surface area (Å²) in [5, 5.41) is 9.28. The summed E-state index contributed by atoms with van der Waals surface area (Å²) in [6, 6.07) is 12.0. The van der Waals surface area contributed by atoms with Crippen molar-refractivity contribution in [3.8, 4) is 10.8 Å².